The molecule has 1 amide bonds. The van der Waals surface area contributed by atoms with Crippen LogP contribution in [0.5, 0.6) is 0 Å². The summed E-state index contributed by atoms with van der Waals surface area (Å²) < 4.78 is 13.2. The van der Waals surface area contributed by atoms with Gasteiger partial charge in [0.25, 0.3) is 0 Å². The van der Waals surface area contributed by atoms with E-state index in [0.717, 1.165) is 69.9 Å². The summed E-state index contributed by atoms with van der Waals surface area (Å²) in [7, 11) is 0. The first-order valence-corrected chi connectivity index (χ1v) is 9.58. The fraction of sp³-hybridized carbons (Fsp3) is 0.550. The number of morpholine rings is 1. The number of anilines is 1. The van der Waals surface area contributed by atoms with E-state index in [-0.39, 0.29) is 12.0 Å². The third-order valence-corrected chi connectivity index (χ3v) is 5.25. The number of carbonyl (C=O) groups excluding carboxylic acids is 1. The molecule has 26 heavy (non-hydrogen) atoms. The summed E-state index contributed by atoms with van der Waals surface area (Å²) in [5.74, 6) is 0.0306. The molecule has 0 aliphatic carbocycles. The summed E-state index contributed by atoms with van der Waals surface area (Å²) in [5.41, 5.74) is 2.06. The first-order valence-electron chi connectivity index (χ1n) is 9.58. The predicted molar refractivity (Wildman–Crippen MR) is 101 cm³/mol. The number of ether oxygens (including phenoxy) is 2. The van der Waals surface area contributed by atoms with Gasteiger partial charge < -0.3 is 19.4 Å². The average molecular weight is 357 g/mol. The lowest BCUT2D eigenvalue weighted by molar-refractivity contribution is -0.118. The minimum absolute atomic E-state index is 0.0306. The molecule has 1 atom stereocenters. The first-order chi connectivity index (χ1) is 12.8. The average Bonchev–Trinajstić information content (AvgIpc) is 3.30. The van der Waals surface area contributed by atoms with Gasteiger partial charge in [0.05, 0.1) is 25.7 Å². The van der Waals surface area contributed by atoms with Crippen LogP contribution >= 0.6 is 0 Å². The molecule has 2 aromatic rings. The maximum atomic E-state index is 12.2. The molecule has 6 heteroatoms. The van der Waals surface area contributed by atoms with Crippen molar-refractivity contribution in [3.05, 3.63) is 30.5 Å². The molecule has 4 rings (SSSR count). The highest BCUT2D eigenvalue weighted by Crippen LogP contribution is 2.22. The second kappa shape index (κ2) is 8.20. The Hall–Kier alpha value is -1.89. The molecule has 3 heterocycles. The van der Waals surface area contributed by atoms with Crippen LogP contribution in [0.25, 0.3) is 10.9 Å². The van der Waals surface area contributed by atoms with Gasteiger partial charge in [-0.05, 0) is 37.1 Å². The van der Waals surface area contributed by atoms with Gasteiger partial charge in [0.2, 0.25) is 5.91 Å². The van der Waals surface area contributed by atoms with Crippen molar-refractivity contribution in [1.29, 1.82) is 0 Å². The largest absolute Gasteiger partial charge is 0.379 e. The van der Waals surface area contributed by atoms with Gasteiger partial charge >= 0.3 is 0 Å². The smallest absolute Gasteiger partial charge is 0.226 e. The summed E-state index contributed by atoms with van der Waals surface area (Å²) >= 11 is 0. The lowest BCUT2D eigenvalue weighted by Gasteiger charge is -2.26. The van der Waals surface area contributed by atoms with Crippen molar-refractivity contribution in [2.45, 2.75) is 31.9 Å². The predicted octanol–water partition coefficient (Wildman–Crippen LogP) is 2.48. The highest BCUT2D eigenvalue weighted by atomic mass is 16.5. The van der Waals surface area contributed by atoms with Crippen LogP contribution in [-0.4, -0.2) is 60.9 Å². The van der Waals surface area contributed by atoms with Crippen LogP contribution < -0.4 is 5.32 Å². The number of rotatable bonds is 6. The zero-order valence-electron chi connectivity index (χ0n) is 15.2. The summed E-state index contributed by atoms with van der Waals surface area (Å²) in [5, 5.41) is 4.16. The molecule has 2 aliphatic heterocycles. The van der Waals surface area contributed by atoms with Crippen molar-refractivity contribution < 1.29 is 14.3 Å². The molecule has 1 aromatic carbocycles. The van der Waals surface area contributed by atoms with E-state index in [4.69, 9.17) is 9.47 Å². The van der Waals surface area contributed by atoms with Crippen molar-refractivity contribution >= 4 is 22.5 Å². The van der Waals surface area contributed by atoms with Crippen molar-refractivity contribution in [3.8, 4) is 0 Å². The van der Waals surface area contributed by atoms with Crippen LogP contribution in [0, 0.1) is 0 Å². The Morgan fingerprint density at radius 2 is 2.04 bits per heavy atom. The topological polar surface area (TPSA) is 55.7 Å². The standard InChI is InChI=1S/C20H27N3O3/c24-20(15-18-2-1-11-26-18)21-17-3-4-19-16(14-17)5-6-23(19)8-7-22-9-12-25-13-10-22/h3-6,14,18H,1-2,7-13,15H2,(H,21,24). The highest BCUT2D eigenvalue weighted by molar-refractivity contribution is 5.94. The number of benzene rings is 1. The van der Waals surface area contributed by atoms with Gasteiger partial charge in [0.1, 0.15) is 0 Å². The molecule has 0 spiro atoms. The van der Waals surface area contributed by atoms with Crippen LogP contribution in [0.4, 0.5) is 5.69 Å². The van der Waals surface area contributed by atoms with E-state index in [0.29, 0.717) is 6.42 Å². The third kappa shape index (κ3) is 4.26. The number of hydrogen-bond acceptors (Lipinski definition) is 4. The minimum Gasteiger partial charge on any atom is -0.379 e. The highest BCUT2D eigenvalue weighted by Gasteiger charge is 2.19. The Balaban J connectivity index is 1.36. The van der Waals surface area contributed by atoms with Crippen LogP contribution in [0.3, 0.4) is 0 Å². The maximum Gasteiger partial charge on any atom is 0.226 e. The van der Waals surface area contributed by atoms with Gasteiger partial charge in [0.15, 0.2) is 0 Å². The van der Waals surface area contributed by atoms with Crippen molar-refractivity contribution in [1.82, 2.24) is 9.47 Å². The number of nitrogens with one attached hydrogen (secondary N) is 1. The Kier molecular flexibility index (Phi) is 5.53. The van der Waals surface area contributed by atoms with Crippen molar-refractivity contribution in [3.63, 3.8) is 0 Å². The molecular formula is C20H27N3O3. The third-order valence-electron chi connectivity index (χ3n) is 5.25. The summed E-state index contributed by atoms with van der Waals surface area (Å²) in [6.07, 6.45) is 4.70. The quantitative estimate of drug-likeness (QED) is 0.863. The van der Waals surface area contributed by atoms with E-state index in [2.05, 4.69) is 33.1 Å². The van der Waals surface area contributed by atoms with E-state index in [1.54, 1.807) is 0 Å². The molecule has 1 unspecified atom stereocenters. The van der Waals surface area contributed by atoms with E-state index in [9.17, 15) is 4.79 Å². The number of carbonyl (C=O) groups is 1. The normalized spacial score (nSPS) is 21.3. The fourth-order valence-electron chi connectivity index (χ4n) is 3.77. The molecule has 1 N–H and O–H groups in total. The fourth-order valence-corrected chi connectivity index (χ4v) is 3.77. The second-order valence-corrected chi connectivity index (χ2v) is 7.12. The molecule has 0 bridgehead atoms. The van der Waals surface area contributed by atoms with Gasteiger partial charge in [-0.15, -0.1) is 0 Å². The Labute approximate surface area is 154 Å². The van der Waals surface area contributed by atoms with Crippen molar-refractivity contribution in [2.75, 3.05) is 44.8 Å². The van der Waals surface area contributed by atoms with Gasteiger partial charge in [-0.3, -0.25) is 9.69 Å². The summed E-state index contributed by atoms with van der Waals surface area (Å²) in [6, 6.07) is 8.25. The van der Waals surface area contributed by atoms with E-state index < -0.39 is 0 Å². The number of amides is 1. The van der Waals surface area contributed by atoms with Crippen LogP contribution in [0.15, 0.2) is 30.5 Å². The molecule has 2 saturated heterocycles. The lowest BCUT2D eigenvalue weighted by atomic mass is 10.1. The molecule has 0 saturated carbocycles. The summed E-state index contributed by atoms with van der Waals surface area (Å²) in [6.45, 7) is 6.48. The van der Waals surface area contributed by atoms with E-state index >= 15 is 0 Å². The van der Waals surface area contributed by atoms with Crippen LogP contribution in [0.1, 0.15) is 19.3 Å². The Morgan fingerprint density at radius 3 is 2.85 bits per heavy atom. The number of nitrogens with zero attached hydrogens (tertiary/aromatic N) is 2. The van der Waals surface area contributed by atoms with Gasteiger partial charge in [0, 0.05) is 55.6 Å². The zero-order valence-corrected chi connectivity index (χ0v) is 15.2. The van der Waals surface area contributed by atoms with Gasteiger partial charge in [-0.2, -0.15) is 0 Å². The molecule has 2 fully saturated rings. The first kappa shape index (κ1) is 17.5. The zero-order chi connectivity index (χ0) is 17.8. The van der Waals surface area contributed by atoms with Crippen LogP contribution in [0.2, 0.25) is 0 Å². The lowest BCUT2D eigenvalue weighted by Crippen LogP contribution is -2.38. The van der Waals surface area contributed by atoms with Gasteiger partial charge in [-0.25, -0.2) is 0 Å². The maximum absolute atomic E-state index is 12.2. The molecule has 0 radical (unpaired) electrons. The molecule has 1 aromatic heterocycles. The summed E-state index contributed by atoms with van der Waals surface area (Å²) in [4.78, 5) is 14.6. The monoisotopic (exact) mass is 357 g/mol. The Morgan fingerprint density at radius 1 is 1.15 bits per heavy atom. The molecule has 2 aliphatic rings. The Bertz CT molecular complexity index is 746. The number of hydrogen-bond donors (Lipinski definition) is 1. The van der Waals surface area contributed by atoms with Crippen LogP contribution in [-0.2, 0) is 20.8 Å². The molecule has 6 nitrogen and oxygen atoms in total. The SMILES string of the molecule is O=C(CC1CCCO1)Nc1ccc2c(ccn2CCN2CCOCC2)c1. The second-order valence-electron chi connectivity index (χ2n) is 7.12. The molecular weight excluding hydrogens is 330 g/mol. The van der Waals surface area contributed by atoms with Crippen molar-refractivity contribution in [2.24, 2.45) is 0 Å². The van der Waals surface area contributed by atoms with E-state index in [1.165, 1.54) is 5.52 Å². The number of aromatic nitrogens is 1. The number of fused-ring (bicyclic) bond motifs is 1. The minimum atomic E-state index is 0.0306. The molecule has 140 valence electrons. The van der Waals surface area contributed by atoms with E-state index in [1.807, 2.05) is 12.1 Å². The van der Waals surface area contributed by atoms with Gasteiger partial charge in [-0.1, -0.05) is 0 Å².